The normalized spacial score (nSPS) is 10.8. The van der Waals surface area contributed by atoms with E-state index in [2.05, 4.69) is 57.9 Å². The van der Waals surface area contributed by atoms with Gasteiger partial charge in [0.1, 0.15) is 0 Å². The van der Waals surface area contributed by atoms with Gasteiger partial charge in [-0.15, -0.1) is 0 Å². The SMILES string of the molecule is Cc1nn(-c2ncc(Br)cc2Br)c(C)c1Br. The maximum Gasteiger partial charge on any atom is 0.168 e. The molecule has 0 fully saturated rings. The molecule has 0 aliphatic heterocycles. The van der Waals surface area contributed by atoms with Crippen molar-refractivity contribution in [1.29, 1.82) is 0 Å². The maximum absolute atomic E-state index is 4.43. The van der Waals surface area contributed by atoms with Gasteiger partial charge in [-0.3, -0.25) is 0 Å². The zero-order chi connectivity index (χ0) is 11.9. The molecule has 0 spiro atoms. The van der Waals surface area contributed by atoms with Gasteiger partial charge in [-0.05, 0) is 67.7 Å². The summed E-state index contributed by atoms with van der Waals surface area (Å²) >= 11 is 10.4. The molecule has 0 N–H and O–H groups in total. The summed E-state index contributed by atoms with van der Waals surface area (Å²) in [5, 5.41) is 4.43. The number of hydrogen-bond acceptors (Lipinski definition) is 2. The van der Waals surface area contributed by atoms with Crippen molar-refractivity contribution < 1.29 is 0 Å². The van der Waals surface area contributed by atoms with Crippen molar-refractivity contribution in [2.45, 2.75) is 13.8 Å². The van der Waals surface area contributed by atoms with Crippen molar-refractivity contribution >= 4 is 47.8 Å². The Kier molecular flexibility index (Phi) is 3.51. The molecule has 84 valence electrons. The minimum Gasteiger partial charge on any atom is -0.235 e. The standard InChI is InChI=1S/C10H8Br3N3/c1-5-9(13)6(2)16(15-5)10-8(12)3-7(11)4-14-10/h3-4H,1-2H3. The molecule has 0 amide bonds. The second kappa shape index (κ2) is 4.58. The number of aryl methyl sites for hydroxylation is 1. The Balaban J connectivity index is 2.63. The highest BCUT2D eigenvalue weighted by molar-refractivity contribution is 9.11. The van der Waals surface area contributed by atoms with Crippen molar-refractivity contribution in [3.05, 3.63) is 37.1 Å². The Hall–Kier alpha value is -0.200. The summed E-state index contributed by atoms with van der Waals surface area (Å²) in [5.41, 5.74) is 1.99. The van der Waals surface area contributed by atoms with Gasteiger partial charge in [0, 0.05) is 10.7 Å². The Morgan fingerprint density at radius 2 is 1.88 bits per heavy atom. The van der Waals surface area contributed by atoms with Crippen molar-refractivity contribution in [1.82, 2.24) is 14.8 Å². The summed E-state index contributed by atoms with van der Waals surface area (Å²) in [4.78, 5) is 4.35. The summed E-state index contributed by atoms with van der Waals surface area (Å²) in [6.45, 7) is 3.96. The van der Waals surface area contributed by atoms with Crippen molar-refractivity contribution in [2.75, 3.05) is 0 Å². The molecule has 0 aliphatic rings. The van der Waals surface area contributed by atoms with E-state index in [-0.39, 0.29) is 0 Å². The van der Waals surface area contributed by atoms with Crippen LogP contribution in [0, 0.1) is 13.8 Å². The van der Waals surface area contributed by atoms with Crippen LogP contribution in [0.25, 0.3) is 5.82 Å². The zero-order valence-corrected chi connectivity index (χ0v) is 13.4. The second-order valence-electron chi connectivity index (χ2n) is 3.36. The van der Waals surface area contributed by atoms with Crippen LogP contribution in [0.4, 0.5) is 0 Å². The van der Waals surface area contributed by atoms with E-state index >= 15 is 0 Å². The van der Waals surface area contributed by atoms with Crippen LogP contribution in [0.15, 0.2) is 25.7 Å². The van der Waals surface area contributed by atoms with Crippen LogP contribution < -0.4 is 0 Å². The molecule has 0 bridgehead atoms. The molecule has 2 aromatic rings. The molecular formula is C10H8Br3N3. The van der Waals surface area contributed by atoms with E-state index in [1.54, 1.807) is 6.20 Å². The quantitative estimate of drug-likeness (QED) is 0.707. The Labute approximate surface area is 119 Å². The summed E-state index contributed by atoms with van der Waals surface area (Å²) < 4.78 is 4.67. The molecule has 0 radical (unpaired) electrons. The van der Waals surface area contributed by atoms with E-state index in [9.17, 15) is 0 Å². The molecule has 2 rings (SSSR count). The van der Waals surface area contributed by atoms with Gasteiger partial charge in [0.25, 0.3) is 0 Å². The van der Waals surface area contributed by atoms with E-state index < -0.39 is 0 Å². The highest BCUT2D eigenvalue weighted by Gasteiger charge is 2.13. The van der Waals surface area contributed by atoms with E-state index in [1.165, 1.54) is 0 Å². The molecule has 0 aliphatic carbocycles. The molecule has 0 atom stereocenters. The van der Waals surface area contributed by atoms with Crippen LogP contribution in [0.5, 0.6) is 0 Å². The molecule has 16 heavy (non-hydrogen) atoms. The smallest absolute Gasteiger partial charge is 0.168 e. The summed E-state index contributed by atoms with van der Waals surface area (Å²) in [6, 6.07) is 1.95. The third-order valence-electron chi connectivity index (χ3n) is 2.19. The van der Waals surface area contributed by atoms with E-state index in [0.717, 1.165) is 30.6 Å². The minimum absolute atomic E-state index is 0.787. The highest BCUT2D eigenvalue weighted by Crippen LogP contribution is 2.27. The van der Waals surface area contributed by atoms with Crippen LogP contribution in [0.2, 0.25) is 0 Å². The molecule has 2 aromatic heterocycles. The van der Waals surface area contributed by atoms with Crippen molar-refractivity contribution in [3.63, 3.8) is 0 Å². The van der Waals surface area contributed by atoms with Gasteiger partial charge >= 0.3 is 0 Å². The number of rotatable bonds is 1. The van der Waals surface area contributed by atoms with Crippen molar-refractivity contribution in [2.24, 2.45) is 0 Å². The predicted molar refractivity (Wildman–Crippen MR) is 73.9 cm³/mol. The van der Waals surface area contributed by atoms with Crippen LogP contribution in [-0.4, -0.2) is 14.8 Å². The Morgan fingerprint density at radius 3 is 2.38 bits per heavy atom. The lowest BCUT2D eigenvalue weighted by atomic mass is 10.4. The monoisotopic (exact) mass is 407 g/mol. The number of halogens is 3. The molecule has 0 aromatic carbocycles. The maximum atomic E-state index is 4.43. The topological polar surface area (TPSA) is 30.7 Å². The van der Waals surface area contributed by atoms with Gasteiger partial charge in [0.05, 0.1) is 20.3 Å². The largest absolute Gasteiger partial charge is 0.235 e. The first-order valence-electron chi connectivity index (χ1n) is 4.54. The summed E-state index contributed by atoms with van der Waals surface area (Å²) in [6.07, 6.45) is 1.75. The lowest BCUT2D eigenvalue weighted by molar-refractivity contribution is 0.801. The molecule has 3 nitrogen and oxygen atoms in total. The lowest BCUT2D eigenvalue weighted by Crippen LogP contribution is -2.02. The summed E-state index contributed by atoms with van der Waals surface area (Å²) in [7, 11) is 0. The molecule has 6 heteroatoms. The summed E-state index contributed by atoms with van der Waals surface area (Å²) in [5.74, 6) is 0.787. The molecule has 2 heterocycles. The third-order valence-corrected chi connectivity index (χ3v) is 4.36. The van der Waals surface area contributed by atoms with Gasteiger partial charge in [0.2, 0.25) is 0 Å². The van der Waals surface area contributed by atoms with Gasteiger partial charge in [0.15, 0.2) is 5.82 Å². The Morgan fingerprint density at radius 1 is 1.19 bits per heavy atom. The fraction of sp³-hybridized carbons (Fsp3) is 0.200. The van der Waals surface area contributed by atoms with Crippen LogP contribution in [0.3, 0.4) is 0 Å². The fourth-order valence-corrected chi connectivity index (χ4v) is 2.80. The van der Waals surface area contributed by atoms with Gasteiger partial charge in [-0.25, -0.2) is 9.67 Å². The first-order valence-corrected chi connectivity index (χ1v) is 6.91. The van der Waals surface area contributed by atoms with Gasteiger partial charge < -0.3 is 0 Å². The van der Waals surface area contributed by atoms with E-state index in [1.807, 2.05) is 24.6 Å². The molecule has 0 saturated carbocycles. The minimum atomic E-state index is 0.787. The first kappa shape index (κ1) is 12.3. The Bertz CT molecular complexity index is 548. The lowest BCUT2D eigenvalue weighted by Gasteiger charge is -2.05. The first-order chi connectivity index (χ1) is 7.50. The number of nitrogens with zero attached hydrogens (tertiary/aromatic N) is 3. The predicted octanol–water partition coefficient (Wildman–Crippen LogP) is 4.17. The number of pyridine rings is 1. The fourth-order valence-electron chi connectivity index (χ4n) is 1.39. The highest BCUT2D eigenvalue weighted by atomic mass is 79.9. The van der Waals surface area contributed by atoms with Crippen LogP contribution in [0.1, 0.15) is 11.4 Å². The molecular weight excluding hydrogens is 402 g/mol. The second-order valence-corrected chi connectivity index (χ2v) is 5.92. The molecule has 0 saturated heterocycles. The zero-order valence-electron chi connectivity index (χ0n) is 8.63. The average molecular weight is 410 g/mol. The van der Waals surface area contributed by atoms with Crippen LogP contribution >= 0.6 is 47.8 Å². The van der Waals surface area contributed by atoms with E-state index in [4.69, 9.17) is 0 Å². The number of hydrogen-bond donors (Lipinski definition) is 0. The van der Waals surface area contributed by atoms with Crippen LogP contribution in [-0.2, 0) is 0 Å². The average Bonchev–Trinajstić information content (AvgIpc) is 2.46. The van der Waals surface area contributed by atoms with Gasteiger partial charge in [-0.2, -0.15) is 5.10 Å². The van der Waals surface area contributed by atoms with E-state index in [0.29, 0.717) is 0 Å². The van der Waals surface area contributed by atoms with Crippen molar-refractivity contribution in [3.8, 4) is 5.82 Å². The number of aromatic nitrogens is 3. The van der Waals surface area contributed by atoms with Gasteiger partial charge in [-0.1, -0.05) is 0 Å². The third kappa shape index (κ3) is 2.10. The molecule has 0 unspecified atom stereocenters.